The fourth-order valence-corrected chi connectivity index (χ4v) is 6.36. The molecule has 0 bridgehead atoms. The van der Waals surface area contributed by atoms with Gasteiger partial charge in [0.1, 0.15) is 4.90 Å². The first-order chi connectivity index (χ1) is 16.3. The van der Waals surface area contributed by atoms with Gasteiger partial charge < -0.3 is 10.0 Å². The van der Waals surface area contributed by atoms with Crippen LogP contribution in [0.5, 0.6) is 0 Å². The zero-order valence-electron chi connectivity index (χ0n) is 19.4. The van der Waals surface area contributed by atoms with E-state index in [0.717, 1.165) is 29.8 Å². The van der Waals surface area contributed by atoms with Crippen molar-refractivity contribution in [3.05, 3.63) is 60.4 Å². The van der Waals surface area contributed by atoms with Crippen LogP contribution in [0.15, 0.2) is 64.6 Å². The minimum absolute atomic E-state index is 0.0347. The smallest absolute Gasteiger partial charge is 0.338 e. The molecular weight excluding hydrogens is 472 g/mol. The summed E-state index contributed by atoms with van der Waals surface area (Å²) in [4.78, 5) is 14.4. The summed E-state index contributed by atoms with van der Waals surface area (Å²) in [7, 11) is -2.17. The van der Waals surface area contributed by atoms with E-state index >= 15 is 0 Å². The number of nitrogens with zero attached hydrogens (tertiary/aromatic N) is 4. The fourth-order valence-electron chi connectivity index (χ4n) is 4.20. The average Bonchev–Trinajstić information content (AvgIpc) is 3.31. The van der Waals surface area contributed by atoms with E-state index in [1.165, 1.54) is 33.1 Å². The molecule has 0 amide bonds. The summed E-state index contributed by atoms with van der Waals surface area (Å²) in [5.74, 6) is -1.09. The number of sulfonamides is 1. The molecule has 1 aromatic heterocycles. The average molecular weight is 501 g/mol. The van der Waals surface area contributed by atoms with Crippen molar-refractivity contribution in [2.75, 3.05) is 24.7 Å². The van der Waals surface area contributed by atoms with E-state index in [4.69, 9.17) is 0 Å². The molecular formula is C24H28N4O4S2. The van der Waals surface area contributed by atoms with Crippen molar-refractivity contribution >= 4 is 39.1 Å². The second kappa shape index (κ2) is 9.81. The summed E-state index contributed by atoms with van der Waals surface area (Å²) in [5.41, 5.74) is 2.09. The second-order valence-electron chi connectivity index (χ2n) is 8.23. The molecule has 2 heterocycles. The molecule has 0 saturated heterocycles. The van der Waals surface area contributed by atoms with Crippen molar-refractivity contribution in [3.63, 3.8) is 0 Å². The molecule has 1 N–H and O–H groups in total. The Kier molecular flexibility index (Phi) is 7.01. The molecule has 0 radical (unpaired) electrons. The van der Waals surface area contributed by atoms with Gasteiger partial charge in [0.05, 0.1) is 23.1 Å². The molecule has 1 unspecified atom stereocenters. The maximum atomic E-state index is 13.8. The molecule has 1 aliphatic heterocycles. The van der Waals surface area contributed by atoms with Crippen molar-refractivity contribution in [2.24, 2.45) is 0 Å². The third-order valence-corrected chi connectivity index (χ3v) is 8.86. The minimum atomic E-state index is -3.82. The zero-order valence-corrected chi connectivity index (χ0v) is 21.0. The molecule has 1 aliphatic rings. The van der Waals surface area contributed by atoms with E-state index in [-0.39, 0.29) is 16.5 Å². The van der Waals surface area contributed by atoms with Gasteiger partial charge >= 0.3 is 5.97 Å². The molecule has 0 fully saturated rings. The summed E-state index contributed by atoms with van der Waals surface area (Å²) >= 11 is 1.46. The Morgan fingerprint density at radius 2 is 1.94 bits per heavy atom. The third-order valence-electron chi connectivity index (χ3n) is 6.15. The van der Waals surface area contributed by atoms with Crippen LogP contribution >= 0.6 is 11.8 Å². The van der Waals surface area contributed by atoms with Crippen LogP contribution in [0.25, 0.3) is 5.69 Å². The largest absolute Gasteiger partial charge is 0.478 e. The molecule has 1 atom stereocenters. The summed E-state index contributed by atoms with van der Waals surface area (Å²) < 4.78 is 30.6. The molecule has 4 rings (SSSR count). The number of rotatable bonds is 7. The van der Waals surface area contributed by atoms with E-state index in [9.17, 15) is 18.3 Å². The highest BCUT2D eigenvalue weighted by Crippen LogP contribution is 2.42. The zero-order chi connectivity index (χ0) is 24.5. The number of aromatic nitrogens is 2. The first-order valence-corrected chi connectivity index (χ1v) is 13.8. The van der Waals surface area contributed by atoms with Crippen molar-refractivity contribution in [3.8, 4) is 5.69 Å². The first-order valence-electron chi connectivity index (χ1n) is 11.1. The van der Waals surface area contributed by atoms with Crippen molar-refractivity contribution in [1.82, 2.24) is 14.1 Å². The SMILES string of the molecule is CCCCC1CN(c2ccccc2)c2cc(SC)c(-n3cc(C(=O)O)cn3)cc2S(=O)(=O)N1C. The molecule has 0 aliphatic carbocycles. The lowest BCUT2D eigenvalue weighted by atomic mass is 10.1. The summed E-state index contributed by atoms with van der Waals surface area (Å²) in [6, 6.07) is 13.1. The van der Waals surface area contributed by atoms with Crippen LogP contribution in [-0.2, 0) is 10.0 Å². The van der Waals surface area contributed by atoms with Gasteiger partial charge in [0.2, 0.25) is 10.0 Å². The lowest BCUT2D eigenvalue weighted by molar-refractivity contribution is 0.0697. The fraction of sp³-hybridized carbons (Fsp3) is 0.333. The standard InChI is InChI=1S/C24H28N4O4S2/c1-4-5-9-19-16-27(18-10-7-6-8-11-18)21-12-22(33-3)20(13-23(21)34(31,32)26(19)2)28-15-17(14-25-28)24(29)30/h6-8,10-15,19H,4-5,9,16H2,1-3H3,(H,29,30). The lowest BCUT2D eigenvalue weighted by Crippen LogP contribution is -2.40. The number of likely N-dealkylation sites (N-methyl/N-ethyl adjacent to an activating group) is 1. The predicted molar refractivity (Wildman–Crippen MR) is 134 cm³/mol. The number of aromatic carboxylic acids is 1. The van der Waals surface area contributed by atoms with Crippen molar-refractivity contribution in [1.29, 1.82) is 0 Å². The monoisotopic (exact) mass is 500 g/mol. The molecule has 180 valence electrons. The van der Waals surface area contributed by atoms with Crippen LogP contribution in [0.4, 0.5) is 11.4 Å². The summed E-state index contributed by atoms with van der Waals surface area (Å²) in [6.07, 6.45) is 7.23. The number of carbonyl (C=O) groups is 1. The number of hydrogen-bond acceptors (Lipinski definition) is 6. The highest BCUT2D eigenvalue weighted by molar-refractivity contribution is 7.98. The predicted octanol–water partition coefficient (Wildman–Crippen LogP) is 4.62. The van der Waals surface area contributed by atoms with E-state index in [2.05, 4.69) is 16.9 Å². The maximum Gasteiger partial charge on any atom is 0.338 e. The molecule has 3 aromatic rings. The first kappa shape index (κ1) is 24.3. The normalized spacial score (nSPS) is 17.9. The number of hydrogen-bond donors (Lipinski definition) is 1. The van der Waals surface area contributed by atoms with Gasteiger partial charge in [-0.3, -0.25) is 0 Å². The Morgan fingerprint density at radius 3 is 2.56 bits per heavy atom. The number of fused-ring (bicyclic) bond motifs is 1. The highest BCUT2D eigenvalue weighted by Gasteiger charge is 2.37. The second-order valence-corrected chi connectivity index (χ2v) is 11.0. The van der Waals surface area contributed by atoms with Gasteiger partial charge in [-0.1, -0.05) is 38.0 Å². The van der Waals surface area contributed by atoms with E-state index in [1.807, 2.05) is 42.7 Å². The lowest BCUT2D eigenvalue weighted by Gasteiger charge is -2.29. The van der Waals surface area contributed by atoms with Crippen LogP contribution in [0.1, 0.15) is 36.5 Å². The van der Waals surface area contributed by atoms with Gasteiger partial charge in [-0.05, 0) is 36.9 Å². The van der Waals surface area contributed by atoms with Crippen LogP contribution in [-0.4, -0.2) is 59.5 Å². The van der Waals surface area contributed by atoms with Crippen LogP contribution in [0.2, 0.25) is 0 Å². The Hall–Kier alpha value is -2.82. The molecule has 0 spiro atoms. The van der Waals surface area contributed by atoms with E-state index in [0.29, 0.717) is 17.9 Å². The topological polar surface area (TPSA) is 95.7 Å². The van der Waals surface area contributed by atoms with Crippen molar-refractivity contribution in [2.45, 2.75) is 42.0 Å². The summed E-state index contributed by atoms with van der Waals surface area (Å²) in [5, 5.41) is 13.5. The third kappa shape index (κ3) is 4.45. The van der Waals surface area contributed by atoms with E-state index in [1.54, 1.807) is 13.1 Å². The van der Waals surface area contributed by atoms with Gasteiger partial charge in [-0.15, -0.1) is 11.8 Å². The highest BCUT2D eigenvalue weighted by atomic mass is 32.2. The number of carboxylic acid groups (broad SMARTS) is 1. The van der Waals surface area contributed by atoms with E-state index < -0.39 is 16.0 Å². The number of carboxylic acids is 1. The quantitative estimate of drug-likeness (QED) is 0.473. The number of unbranched alkanes of at least 4 members (excludes halogenated alkanes) is 1. The Balaban J connectivity index is 1.95. The number of anilines is 2. The van der Waals surface area contributed by atoms with Gasteiger partial charge in [-0.2, -0.15) is 9.40 Å². The van der Waals surface area contributed by atoms with Crippen LogP contribution < -0.4 is 4.90 Å². The van der Waals surface area contributed by atoms with Gasteiger partial charge in [0.25, 0.3) is 0 Å². The van der Waals surface area contributed by atoms with Crippen LogP contribution in [0.3, 0.4) is 0 Å². The molecule has 2 aromatic carbocycles. The maximum absolute atomic E-state index is 13.8. The molecule has 34 heavy (non-hydrogen) atoms. The van der Waals surface area contributed by atoms with Gasteiger partial charge in [0.15, 0.2) is 0 Å². The number of para-hydroxylation sites is 1. The van der Waals surface area contributed by atoms with Gasteiger partial charge in [0, 0.05) is 36.4 Å². The summed E-state index contributed by atoms with van der Waals surface area (Å²) in [6.45, 7) is 2.63. The Morgan fingerprint density at radius 1 is 1.21 bits per heavy atom. The molecule has 0 saturated carbocycles. The molecule has 10 heteroatoms. The Labute approximate surface area is 204 Å². The van der Waals surface area contributed by atoms with Crippen LogP contribution in [0, 0.1) is 0 Å². The minimum Gasteiger partial charge on any atom is -0.478 e. The number of benzene rings is 2. The number of thioether (sulfide) groups is 1. The molecule has 8 nitrogen and oxygen atoms in total. The Bertz CT molecular complexity index is 1290. The van der Waals surface area contributed by atoms with Gasteiger partial charge in [-0.25, -0.2) is 17.9 Å². The van der Waals surface area contributed by atoms with Crippen molar-refractivity contribution < 1.29 is 18.3 Å².